The summed E-state index contributed by atoms with van der Waals surface area (Å²) in [4.78, 5) is 16.6. The summed E-state index contributed by atoms with van der Waals surface area (Å²) in [5.74, 6) is -0.00549. The summed E-state index contributed by atoms with van der Waals surface area (Å²) in [5, 5.41) is 0. The number of carbonyl (C=O) groups excluding carboxylic acids is 1. The standard InChI is InChI=1S/C24H26N2O3S/c1-24(2,3)21-10-12-22(13-11-21)30(28,29)26-17-18-6-8-20(9-7-18)23(27)15-19-5-4-14-25-16-19/h4-14,16,26H,15,17H2,1-3H3. The van der Waals surface area contributed by atoms with Gasteiger partial charge < -0.3 is 0 Å². The van der Waals surface area contributed by atoms with E-state index >= 15 is 0 Å². The molecule has 0 aliphatic rings. The summed E-state index contributed by atoms with van der Waals surface area (Å²) in [7, 11) is -3.61. The lowest BCUT2D eigenvalue weighted by molar-refractivity contribution is 0.0993. The van der Waals surface area contributed by atoms with Crippen molar-refractivity contribution in [2.24, 2.45) is 0 Å². The van der Waals surface area contributed by atoms with Gasteiger partial charge in [-0.3, -0.25) is 9.78 Å². The van der Waals surface area contributed by atoms with Crippen molar-refractivity contribution < 1.29 is 13.2 Å². The molecule has 2 aromatic carbocycles. The Morgan fingerprint density at radius 2 is 1.60 bits per heavy atom. The van der Waals surface area contributed by atoms with Crippen molar-refractivity contribution in [2.75, 3.05) is 0 Å². The number of benzene rings is 2. The van der Waals surface area contributed by atoms with Crippen molar-refractivity contribution in [3.05, 3.63) is 95.3 Å². The first-order valence-electron chi connectivity index (χ1n) is 9.76. The molecule has 1 aromatic heterocycles. The minimum Gasteiger partial charge on any atom is -0.294 e. The zero-order valence-electron chi connectivity index (χ0n) is 17.4. The van der Waals surface area contributed by atoms with Gasteiger partial charge in [-0.05, 0) is 40.3 Å². The van der Waals surface area contributed by atoms with Crippen molar-refractivity contribution in [2.45, 2.75) is 44.0 Å². The molecule has 6 heteroatoms. The molecule has 5 nitrogen and oxygen atoms in total. The predicted octanol–water partition coefficient (Wildman–Crippen LogP) is 4.28. The molecule has 0 amide bonds. The second-order valence-electron chi connectivity index (χ2n) is 8.26. The van der Waals surface area contributed by atoms with Gasteiger partial charge in [0.1, 0.15) is 0 Å². The van der Waals surface area contributed by atoms with Crippen molar-refractivity contribution in [1.29, 1.82) is 0 Å². The first kappa shape index (κ1) is 21.9. The second-order valence-corrected chi connectivity index (χ2v) is 10.0. The number of carbonyl (C=O) groups is 1. The number of aromatic nitrogens is 1. The van der Waals surface area contributed by atoms with E-state index in [9.17, 15) is 13.2 Å². The number of sulfonamides is 1. The van der Waals surface area contributed by atoms with E-state index in [1.165, 1.54) is 0 Å². The number of ketones is 1. The highest BCUT2D eigenvalue weighted by atomic mass is 32.2. The Bertz CT molecular complexity index is 1100. The van der Waals surface area contributed by atoms with Crippen molar-refractivity contribution in [1.82, 2.24) is 9.71 Å². The van der Waals surface area contributed by atoms with Crippen molar-refractivity contribution in [3.8, 4) is 0 Å². The number of pyridine rings is 1. The van der Waals surface area contributed by atoms with Crippen LogP contribution in [0.25, 0.3) is 0 Å². The van der Waals surface area contributed by atoms with Crippen LogP contribution in [0.15, 0.2) is 78.0 Å². The van der Waals surface area contributed by atoms with Crippen LogP contribution >= 0.6 is 0 Å². The lowest BCUT2D eigenvalue weighted by Crippen LogP contribution is -2.23. The van der Waals surface area contributed by atoms with Crippen LogP contribution in [-0.4, -0.2) is 19.2 Å². The zero-order valence-corrected chi connectivity index (χ0v) is 18.2. The number of nitrogens with zero attached hydrogens (tertiary/aromatic N) is 1. The Balaban J connectivity index is 1.62. The van der Waals surface area contributed by atoms with E-state index in [1.807, 2.05) is 18.2 Å². The van der Waals surface area contributed by atoms with Crippen LogP contribution in [0, 0.1) is 0 Å². The number of Topliss-reactive ketones (excluding diaryl/α,β-unsaturated/α-hetero) is 1. The monoisotopic (exact) mass is 422 g/mol. The molecule has 30 heavy (non-hydrogen) atoms. The van der Waals surface area contributed by atoms with E-state index < -0.39 is 10.0 Å². The highest BCUT2D eigenvalue weighted by Crippen LogP contribution is 2.23. The molecule has 1 heterocycles. The third-order valence-corrected chi connectivity index (χ3v) is 6.28. The summed E-state index contributed by atoms with van der Waals surface area (Å²) >= 11 is 0. The van der Waals surface area contributed by atoms with Gasteiger partial charge in [0.25, 0.3) is 0 Å². The summed E-state index contributed by atoms with van der Waals surface area (Å²) in [5.41, 5.74) is 3.27. The van der Waals surface area contributed by atoms with Gasteiger partial charge >= 0.3 is 0 Å². The molecule has 156 valence electrons. The van der Waals surface area contributed by atoms with Crippen LogP contribution < -0.4 is 4.72 Å². The van der Waals surface area contributed by atoms with Gasteiger partial charge in [0.2, 0.25) is 10.0 Å². The molecule has 1 N–H and O–H groups in total. The first-order chi connectivity index (χ1) is 14.1. The van der Waals surface area contributed by atoms with Gasteiger partial charge in [0.15, 0.2) is 5.78 Å². The Labute approximate surface area is 178 Å². The summed E-state index contributed by atoms with van der Waals surface area (Å²) < 4.78 is 27.8. The molecule has 0 saturated heterocycles. The van der Waals surface area contributed by atoms with Gasteiger partial charge in [0, 0.05) is 30.9 Å². The summed E-state index contributed by atoms with van der Waals surface area (Å²) in [6.07, 6.45) is 3.63. The zero-order chi connectivity index (χ0) is 21.8. The number of hydrogen-bond acceptors (Lipinski definition) is 4. The molecule has 0 fully saturated rings. The van der Waals surface area contributed by atoms with Crippen LogP contribution in [0.3, 0.4) is 0 Å². The fourth-order valence-corrected chi connectivity index (χ4v) is 4.01. The highest BCUT2D eigenvalue weighted by Gasteiger charge is 2.17. The average Bonchev–Trinajstić information content (AvgIpc) is 2.73. The van der Waals surface area contributed by atoms with Gasteiger partial charge in [-0.15, -0.1) is 0 Å². The maximum Gasteiger partial charge on any atom is 0.240 e. The quantitative estimate of drug-likeness (QED) is 0.577. The maximum absolute atomic E-state index is 12.6. The summed E-state index contributed by atoms with van der Waals surface area (Å²) in [6, 6.07) is 17.6. The lowest BCUT2D eigenvalue weighted by atomic mass is 9.87. The Morgan fingerprint density at radius 3 is 2.17 bits per heavy atom. The van der Waals surface area contributed by atoms with Gasteiger partial charge in [0.05, 0.1) is 4.90 Å². The summed E-state index contributed by atoms with van der Waals surface area (Å²) in [6.45, 7) is 6.40. The Kier molecular flexibility index (Phi) is 6.48. The molecule has 3 rings (SSSR count). The van der Waals surface area contributed by atoms with Crippen LogP contribution in [0.1, 0.15) is 47.8 Å². The van der Waals surface area contributed by atoms with E-state index in [-0.39, 0.29) is 29.1 Å². The molecule has 0 radical (unpaired) electrons. The van der Waals surface area contributed by atoms with Crippen LogP contribution in [0.4, 0.5) is 0 Å². The molecule has 0 unspecified atom stereocenters. The number of rotatable bonds is 7. The van der Waals surface area contributed by atoms with E-state index in [1.54, 1.807) is 54.9 Å². The topological polar surface area (TPSA) is 76.1 Å². The SMILES string of the molecule is CC(C)(C)c1ccc(S(=O)(=O)NCc2ccc(C(=O)Cc3cccnc3)cc2)cc1. The average molecular weight is 423 g/mol. The third kappa shape index (κ3) is 5.62. The van der Waals surface area contributed by atoms with Crippen molar-refractivity contribution in [3.63, 3.8) is 0 Å². The predicted molar refractivity (Wildman–Crippen MR) is 118 cm³/mol. The number of nitrogens with one attached hydrogen (secondary N) is 1. The highest BCUT2D eigenvalue weighted by molar-refractivity contribution is 7.89. The van der Waals surface area contributed by atoms with E-state index in [0.29, 0.717) is 5.56 Å². The largest absolute Gasteiger partial charge is 0.294 e. The normalized spacial score (nSPS) is 12.0. The van der Waals surface area contributed by atoms with Gasteiger partial charge in [-0.2, -0.15) is 0 Å². The van der Waals surface area contributed by atoms with Crippen LogP contribution in [0.2, 0.25) is 0 Å². The minimum atomic E-state index is -3.61. The van der Waals surface area contributed by atoms with Gasteiger partial charge in [-0.25, -0.2) is 13.1 Å². The Morgan fingerprint density at radius 1 is 0.933 bits per heavy atom. The van der Waals surface area contributed by atoms with Crippen LogP contribution in [-0.2, 0) is 28.4 Å². The molecule has 3 aromatic rings. The van der Waals surface area contributed by atoms with Crippen LogP contribution in [0.5, 0.6) is 0 Å². The van der Waals surface area contributed by atoms with E-state index in [4.69, 9.17) is 0 Å². The molecule has 0 aliphatic heterocycles. The van der Waals surface area contributed by atoms with E-state index in [0.717, 1.165) is 16.7 Å². The molecule has 0 atom stereocenters. The third-order valence-electron chi connectivity index (χ3n) is 4.86. The first-order valence-corrected chi connectivity index (χ1v) is 11.2. The smallest absolute Gasteiger partial charge is 0.240 e. The molecule has 0 spiro atoms. The lowest BCUT2D eigenvalue weighted by Gasteiger charge is -2.19. The van der Waals surface area contributed by atoms with Gasteiger partial charge in [-0.1, -0.05) is 63.2 Å². The molecule has 0 bridgehead atoms. The second kappa shape index (κ2) is 8.90. The molecule has 0 saturated carbocycles. The Hall–Kier alpha value is -2.83. The fraction of sp³-hybridized carbons (Fsp3) is 0.250. The van der Waals surface area contributed by atoms with E-state index in [2.05, 4.69) is 30.5 Å². The molecular weight excluding hydrogens is 396 g/mol. The molecule has 0 aliphatic carbocycles. The molecular formula is C24H26N2O3S. The maximum atomic E-state index is 12.6. The van der Waals surface area contributed by atoms with Crippen molar-refractivity contribution >= 4 is 15.8 Å². The minimum absolute atomic E-state index is 0.00549. The number of hydrogen-bond donors (Lipinski definition) is 1. The fourth-order valence-electron chi connectivity index (χ4n) is 2.99.